The number of unbranched alkanes of at least 4 members (excludes halogenated alkanes) is 2. The number of rotatable bonds is 8. The molecule has 1 aromatic rings. The number of hydrogen-bond donors (Lipinski definition) is 2. The zero-order chi connectivity index (χ0) is 15.5. The van der Waals surface area contributed by atoms with Crippen LogP contribution in [-0.2, 0) is 0 Å². The third-order valence-electron chi connectivity index (χ3n) is 2.57. The lowest BCUT2D eigenvalue weighted by Gasteiger charge is -2.08. The predicted molar refractivity (Wildman–Crippen MR) is 83.9 cm³/mol. The van der Waals surface area contributed by atoms with Crippen LogP contribution >= 0.6 is 12.2 Å². The minimum Gasteiger partial charge on any atom is -0.434 e. The maximum Gasteiger partial charge on any atom is 0.387 e. The summed E-state index contributed by atoms with van der Waals surface area (Å²) in [4.78, 5) is 0. The first-order chi connectivity index (χ1) is 10.1. The topological polar surface area (TPSA) is 45.7 Å². The lowest BCUT2D eigenvalue weighted by Crippen LogP contribution is -2.32. The van der Waals surface area contributed by atoms with E-state index in [-0.39, 0.29) is 5.75 Å². The monoisotopic (exact) mass is 315 g/mol. The summed E-state index contributed by atoms with van der Waals surface area (Å²) >= 11 is 5.03. The fourth-order valence-corrected chi connectivity index (χ4v) is 1.72. The van der Waals surface area contributed by atoms with Gasteiger partial charge in [-0.3, -0.25) is 5.43 Å². The highest BCUT2D eigenvalue weighted by atomic mass is 32.1. The molecular weight excluding hydrogens is 296 g/mol. The van der Waals surface area contributed by atoms with Crippen LogP contribution in [-0.4, -0.2) is 24.5 Å². The van der Waals surface area contributed by atoms with Gasteiger partial charge in [-0.2, -0.15) is 13.9 Å². The Labute approximate surface area is 128 Å². The lowest BCUT2D eigenvalue weighted by atomic mass is 10.2. The molecule has 4 nitrogen and oxygen atoms in total. The molecule has 7 heteroatoms. The Morgan fingerprint density at radius 1 is 1.38 bits per heavy atom. The zero-order valence-electron chi connectivity index (χ0n) is 11.8. The van der Waals surface area contributed by atoms with Crippen LogP contribution < -0.4 is 15.5 Å². The molecular formula is C14H19F2N3OS. The number of alkyl halides is 2. The fraction of sp³-hybridized carbons (Fsp3) is 0.429. The molecule has 0 aliphatic carbocycles. The molecule has 0 bridgehead atoms. The molecule has 1 aromatic carbocycles. The van der Waals surface area contributed by atoms with Gasteiger partial charge < -0.3 is 10.1 Å². The second-order valence-electron chi connectivity index (χ2n) is 4.25. The largest absolute Gasteiger partial charge is 0.434 e. The van der Waals surface area contributed by atoms with Gasteiger partial charge in [0, 0.05) is 12.1 Å². The number of nitrogens with zero attached hydrogens (tertiary/aromatic N) is 1. The Kier molecular flexibility index (Phi) is 8.27. The second-order valence-corrected chi connectivity index (χ2v) is 4.66. The van der Waals surface area contributed by atoms with Gasteiger partial charge in [0.15, 0.2) is 5.11 Å². The van der Waals surface area contributed by atoms with Gasteiger partial charge in [-0.25, -0.2) is 0 Å². The molecule has 0 amide bonds. The summed E-state index contributed by atoms with van der Waals surface area (Å²) < 4.78 is 28.9. The van der Waals surface area contributed by atoms with Crippen molar-refractivity contribution in [1.29, 1.82) is 0 Å². The number of nitrogens with one attached hydrogen (secondary N) is 2. The van der Waals surface area contributed by atoms with E-state index >= 15 is 0 Å². The highest BCUT2D eigenvalue weighted by Gasteiger charge is 2.07. The first-order valence-corrected chi connectivity index (χ1v) is 7.15. The molecule has 1 rings (SSSR count). The van der Waals surface area contributed by atoms with Gasteiger partial charge in [0.1, 0.15) is 5.75 Å². The molecule has 0 aliphatic rings. The van der Waals surface area contributed by atoms with Crippen LogP contribution in [0.5, 0.6) is 5.75 Å². The number of halogens is 2. The van der Waals surface area contributed by atoms with Gasteiger partial charge in [0.25, 0.3) is 0 Å². The molecule has 0 aromatic heterocycles. The Hall–Kier alpha value is -1.76. The van der Waals surface area contributed by atoms with Crippen molar-refractivity contribution in [3.63, 3.8) is 0 Å². The summed E-state index contributed by atoms with van der Waals surface area (Å²) in [7, 11) is 0. The van der Waals surface area contributed by atoms with Crippen molar-refractivity contribution < 1.29 is 13.5 Å². The van der Waals surface area contributed by atoms with Crippen LogP contribution in [0.25, 0.3) is 0 Å². The average molecular weight is 315 g/mol. The lowest BCUT2D eigenvalue weighted by molar-refractivity contribution is -0.0499. The molecule has 0 atom stereocenters. The van der Waals surface area contributed by atoms with Gasteiger partial charge in [-0.1, -0.05) is 31.9 Å². The van der Waals surface area contributed by atoms with Crippen LogP contribution in [0.4, 0.5) is 8.78 Å². The number of benzene rings is 1. The second kappa shape index (κ2) is 10.0. The molecule has 0 heterocycles. The summed E-state index contributed by atoms with van der Waals surface area (Å²) in [5, 5.41) is 7.31. The van der Waals surface area contributed by atoms with E-state index in [1.807, 2.05) is 0 Å². The molecule has 0 unspecified atom stereocenters. The molecule has 0 radical (unpaired) electrons. The Balaban J connectivity index is 2.44. The van der Waals surface area contributed by atoms with E-state index in [4.69, 9.17) is 12.2 Å². The molecule has 0 aliphatic heterocycles. The third kappa shape index (κ3) is 7.55. The van der Waals surface area contributed by atoms with E-state index in [1.165, 1.54) is 12.3 Å². The van der Waals surface area contributed by atoms with Crippen molar-refractivity contribution in [2.75, 3.05) is 6.54 Å². The van der Waals surface area contributed by atoms with Crippen LogP contribution in [0.2, 0.25) is 0 Å². The number of para-hydroxylation sites is 1. The summed E-state index contributed by atoms with van der Waals surface area (Å²) in [6.07, 6.45) is 4.70. The molecule has 116 valence electrons. The molecule has 0 spiro atoms. The first-order valence-electron chi connectivity index (χ1n) is 6.74. The molecule has 0 fully saturated rings. The van der Waals surface area contributed by atoms with Crippen LogP contribution in [0.1, 0.15) is 31.7 Å². The van der Waals surface area contributed by atoms with Gasteiger partial charge in [0.2, 0.25) is 0 Å². The maximum absolute atomic E-state index is 12.2. The van der Waals surface area contributed by atoms with E-state index in [0.29, 0.717) is 10.7 Å². The minimum absolute atomic E-state index is 0.0693. The maximum atomic E-state index is 12.2. The highest BCUT2D eigenvalue weighted by Crippen LogP contribution is 2.18. The van der Waals surface area contributed by atoms with Crippen molar-refractivity contribution in [2.24, 2.45) is 5.10 Å². The Bertz CT molecular complexity index is 469. The van der Waals surface area contributed by atoms with Crippen molar-refractivity contribution in [3.05, 3.63) is 29.8 Å². The van der Waals surface area contributed by atoms with Crippen LogP contribution in [0.15, 0.2) is 29.4 Å². The first kappa shape index (κ1) is 17.3. The average Bonchev–Trinajstić information content (AvgIpc) is 2.45. The number of hydrogen-bond acceptors (Lipinski definition) is 3. The van der Waals surface area contributed by atoms with Crippen molar-refractivity contribution >= 4 is 23.5 Å². The minimum atomic E-state index is -2.87. The SMILES string of the molecule is CCCCCNC(=S)N/N=C\c1ccccc1OC(F)F. The Morgan fingerprint density at radius 3 is 2.86 bits per heavy atom. The fourth-order valence-electron chi connectivity index (χ4n) is 1.57. The molecule has 21 heavy (non-hydrogen) atoms. The zero-order valence-corrected chi connectivity index (χ0v) is 12.6. The summed E-state index contributed by atoms with van der Waals surface area (Å²) in [6.45, 7) is 0.0360. The number of hydrazone groups is 1. The van der Waals surface area contributed by atoms with Crippen molar-refractivity contribution in [2.45, 2.75) is 32.8 Å². The van der Waals surface area contributed by atoms with Gasteiger partial charge in [0.05, 0.1) is 6.21 Å². The van der Waals surface area contributed by atoms with Crippen LogP contribution in [0, 0.1) is 0 Å². The van der Waals surface area contributed by atoms with E-state index in [9.17, 15) is 8.78 Å². The summed E-state index contributed by atoms with van der Waals surface area (Å²) in [6, 6.07) is 6.40. The van der Waals surface area contributed by atoms with Crippen molar-refractivity contribution in [1.82, 2.24) is 10.7 Å². The van der Waals surface area contributed by atoms with Crippen molar-refractivity contribution in [3.8, 4) is 5.75 Å². The van der Waals surface area contributed by atoms with E-state index < -0.39 is 6.61 Å². The van der Waals surface area contributed by atoms with Gasteiger partial charge >= 0.3 is 6.61 Å². The summed E-state index contributed by atoms with van der Waals surface area (Å²) in [5.41, 5.74) is 3.08. The van der Waals surface area contributed by atoms with Crippen LogP contribution in [0.3, 0.4) is 0 Å². The Morgan fingerprint density at radius 2 is 2.14 bits per heavy atom. The highest BCUT2D eigenvalue weighted by molar-refractivity contribution is 7.80. The van der Waals surface area contributed by atoms with E-state index in [1.54, 1.807) is 18.2 Å². The third-order valence-corrected chi connectivity index (χ3v) is 2.81. The van der Waals surface area contributed by atoms with E-state index in [2.05, 4.69) is 27.5 Å². The molecule has 0 saturated carbocycles. The standard InChI is InChI=1S/C14H19F2N3OS/c1-2-3-6-9-17-14(21)19-18-10-11-7-4-5-8-12(11)20-13(15)16/h4-5,7-8,10,13H,2-3,6,9H2,1H3,(H2,17,19,21)/b18-10-. The smallest absolute Gasteiger partial charge is 0.387 e. The van der Waals surface area contributed by atoms with Gasteiger partial charge in [-0.05, 0) is 30.8 Å². The van der Waals surface area contributed by atoms with E-state index in [0.717, 1.165) is 25.8 Å². The molecule has 2 N–H and O–H groups in total. The van der Waals surface area contributed by atoms with Gasteiger partial charge in [-0.15, -0.1) is 0 Å². The summed E-state index contributed by atoms with van der Waals surface area (Å²) in [5.74, 6) is 0.0693. The number of ether oxygens (including phenoxy) is 1. The normalized spacial score (nSPS) is 10.9. The molecule has 0 saturated heterocycles. The quantitative estimate of drug-likeness (QED) is 0.334. The predicted octanol–water partition coefficient (Wildman–Crippen LogP) is 3.28. The number of thiocarbonyl (C=S) groups is 1.